The fraction of sp³-hybridized carbons (Fsp3) is 0.538. The smallest absolute Gasteiger partial charge is 0.157 e. The minimum Gasteiger partial charge on any atom is -0.733 e. The number of rotatable bonds is 4. The van der Waals surface area contributed by atoms with Gasteiger partial charge in [-0.05, 0) is 30.7 Å². The van der Waals surface area contributed by atoms with Gasteiger partial charge in [-0.3, -0.25) is 5.21 Å². The van der Waals surface area contributed by atoms with E-state index in [0.29, 0.717) is 11.3 Å². The Hall–Kier alpha value is -1.46. The number of aliphatic hydroxyl groups is 4. The van der Waals surface area contributed by atoms with E-state index in [9.17, 15) is 20.5 Å². The summed E-state index contributed by atoms with van der Waals surface area (Å²) >= 11 is 0. The molecule has 124 valence electrons. The molecule has 9 nitrogen and oxygen atoms in total. The van der Waals surface area contributed by atoms with Crippen LogP contribution in [0.1, 0.15) is 5.56 Å². The standard InChI is InChI=1S/C13H19N2O7/c1-6-4-7(15(20)21)2-3-8(6)14-13-12(19)11(18)10(17)9(5-16)22-13/h2-4,9-14,16-20H,5H2,1H3/q-1. The van der Waals surface area contributed by atoms with Crippen LogP contribution in [0.5, 0.6) is 0 Å². The number of benzene rings is 1. The molecular weight excluding hydrogens is 296 g/mol. The van der Waals surface area contributed by atoms with E-state index in [1.807, 2.05) is 0 Å². The van der Waals surface area contributed by atoms with E-state index >= 15 is 0 Å². The van der Waals surface area contributed by atoms with Crippen molar-refractivity contribution >= 4 is 11.4 Å². The molecule has 0 aliphatic carbocycles. The fourth-order valence-electron chi connectivity index (χ4n) is 2.30. The summed E-state index contributed by atoms with van der Waals surface area (Å²) in [4.78, 5) is 0. The third-order valence-electron chi connectivity index (χ3n) is 3.62. The van der Waals surface area contributed by atoms with Crippen LogP contribution in [0.15, 0.2) is 18.2 Å². The van der Waals surface area contributed by atoms with Crippen molar-refractivity contribution in [1.82, 2.24) is 0 Å². The number of anilines is 2. The molecule has 0 aromatic heterocycles. The summed E-state index contributed by atoms with van der Waals surface area (Å²) in [6.45, 7) is 1.15. The predicted molar refractivity (Wildman–Crippen MR) is 76.2 cm³/mol. The van der Waals surface area contributed by atoms with E-state index in [2.05, 4.69) is 5.32 Å². The molecule has 0 spiro atoms. The molecule has 5 unspecified atom stereocenters. The lowest BCUT2D eigenvalue weighted by Gasteiger charge is -2.40. The predicted octanol–water partition coefficient (Wildman–Crippen LogP) is -1.10. The number of hydrogen-bond donors (Lipinski definition) is 6. The van der Waals surface area contributed by atoms with Gasteiger partial charge in [0.25, 0.3) is 0 Å². The second-order valence-electron chi connectivity index (χ2n) is 5.17. The Morgan fingerprint density at radius 2 is 1.91 bits per heavy atom. The van der Waals surface area contributed by atoms with Crippen LogP contribution in [0, 0.1) is 12.1 Å². The van der Waals surface area contributed by atoms with Crippen molar-refractivity contribution in [2.45, 2.75) is 37.6 Å². The third-order valence-corrected chi connectivity index (χ3v) is 3.62. The number of aliphatic hydroxyl groups excluding tert-OH is 4. The van der Waals surface area contributed by atoms with E-state index in [1.54, 1.807) is 6.92 Å². The molecule has 0 radical (unpaired) electrons. The van der Waals surface area contributed by atoms with Gasteiger partial charge < -0.3 is 40.9 Å². The normalized spacial score (nSPS) is 31.9. The van der Waals surface area contributed by atoms with Crippen molar-refractivity contribution in [2.75, 3.05) is 17.2 Å². The van der Waals surface area contributed by atoms with Crippen molar-refractivity contribution in [3.8, 4) is 0 Å². The first kappa shape index (κ1) is 16.9. The fourth-order valence-corrected chi connectivity index (χ4v) is 2.30. The van der Waals surface area contributed by atoms with E-state index in [0.717, 1.165) is 0 Å². The molecule has 1 fully saturated rings. The highest BCUT2D eigenvalue weighted by atomic mass is 16.8. The second-order valence-corrected chi connectivity index (χ2v) is 5.17. The first-order valence-electron chi connectivity index (χ1n) is 6.69. The zero-order valence-corrected chi connectivity index (χ0v) is 11.8. The molecule has 6 N–H and O–H groups in total. The van der Waals surface area contributed by atoms with Gasteiger partial charge in [0.05, 0.1) is 12.3 Å². The van der Waals surface area contributed by atoms with E-state index < -0.39 is 37.3 Å². The molecule has 0 bridgehead atoms. The third kappa shape index (κ3) is 3.31. The van der Waals surface area contributed by atoms with E-state index in [1.165, 1.54) is 18.2 Å². The Morgan fingerprint density at radius 1 is 1.23 bits per heavy atom. The largest absolute Gasteiger partial charge is 0.733 e. The number of aryl methyl sites for hydroxylation is 1. The lowest BCUT2D eigenvalue weighted by molar-refractivity contribution is -0.221. The molecule has 0 saturated carbocycles. The SMILES string of the molecule is Cc1cc(N([O-])O)ccc1NC1OC(CO)C(O)C(O)C1O. The molecule has 1 saturated heterocycles. The summed E-state index contributed by atoms with van der Waals surface area (Å²) < 4.78 is 5.32. The minimum atomic E-state index is -1.47. The molecule has 1 aliphatic heterocycles. The lowest BCUT2D eigenvalue weighted by atomic mass is 9.98. The monoisotopic (exact) mass is 315 g/mol. The Balaban J connectivity index is 2.15. The maximum atomic E-state index is 10.8. The molecule has 5 atom stereocenters. The van der Waals surface area contributed by atoms with Crippen molar-refractivity contribution in [2.24, 2.45) is 0 Å². The van der Waals surface area contributed by atoms with Gasteiger partial charge in [-0.25, -0.2) is 0 Å². The van der Waals surface area contributed by atoms with Crippen LogP contribution in [0.4, 0.5) is 11.4 Å². The maximum absolute atomic E-state index is 10.8. The molecule has 0 amide bonds. The number of nitrogens with zero attached hydrogens (tertiary/aromatic N) is 1. The van der Waals surface area contributed by atoms with Crippen LogP contribution in [0.25, 0.3) is 0 Å². The summed E-state index contributed by atoms with van der Waals surface area (Å²) in [5.41, 5.74) is 1.12. The summed E-state index contributed by atoms with van der Waals surface area (Å²) in [5, 5.41) is 60.7. The van der Waals surface area contributed by atoms with Crippen LogP contribution < -0.4 is 10.5 Å². The summed E-state index contributed by atoms with van der Waals surface area (Å²) in [5.74, 6) is 0. The molecule has 1 heterocycles. The highest BCUT2D eigenvalue weighted by Gasteiger charge is 2.43. The van der Waals surface area contributed by atoms with Crippen LogP contribution in [-0.4, -0.2) is 62.9 Å². The number of nitrogens with one attached hydrogen (secondary N) is 1. The molecule has 9 heteroatoms. The van der Waals surface area contributed by atoms with Crippen LogP contribution in [0.2, 0.25) is 0 Å². The van der Waals surface area contributed by atoms with Gasteiger partial charge in [0, 0.05) is 5.69 Å². The van der Waals surface area contributed by atoms with Gasteiger partial charge >= 0.3 is 0 Å². The maximum Gasteiger partial charge on any atom is 0.157 e. The van der Waals surface area contributed by atoms with E-state index in [4.69, 9.17) is 15.1 Å². The zero-order chi connectivity index (χ0) is 16.4. The number of ether oxygens (including phenoxy) is 1. The average Bonchev–Trinajstić information content (AvgIpc) is 2.49. The van der Waals surface area contributed by atoms with Gasteiger partial charge in [0.15, 0.2) is 6.23 Å². The van der Waals surface area contributed by atoms with Crippen molar-refractivity contribution in [1.29, 1.82) is 0 Å². The van der Waals surface area contributed by atoms with Gasteiger partial charge in [0.2, 0.25) is 0 Å². The molecular formula is C13H19N2O7-. The summed E-state index contributed by atoms with van der Waals surface area (Å²) in [7, 11) is 0. The minimum absolute atomic E-state index is 0.0388. The molecule has 22 heavy (non-hydrogen) atoms. The van der Waals surface area contributed by atoms with Crippen molar-refractivity contribution in [3.63, 3.8) is 0 Å². The zero-order valence-electron chi connectivity index (χ0n) is 11.8. The Bertz CT molecular complexity index is 511. The van der Waals surface area contributed by atoms with Gasteiger partial charge in [-0.15, -0.1) is 0 Å². The van der Waals surface area contributed by atoms with Crippen LogP contribution in [0.3, 0.4) is 0 Å². The quantitative estimate of drug-likeness (QED) is 0.381. The van der Waals surface area contributed by atoms with Gasteiger partial charge in [-0.1, -0.05) is 0 Å². The lowest BCUT2D eigenvalue weighted by Crippen LogP contribution is -2.60. The van der Waals surface area contributed by atoms with Crippen LogP contribution in [-0.2, 0) is 4.74 Å². The topological polar surface area (TPSA) is 149 Å². The summed E-state index contributed by atoms with van der Waals surface area (Å²) in [6.07, 6.45) is -6.38. The Kier molecular flexibility index (Phi) is 5.19. The highest BCUT2D eigenvalue weighted by Crippen LogP contribution is 2.26. The van der Waals surface area contributed by atoms with Crippen molar-refractivity contribution < 1.29 is 30.4 Å². The summed E-state index contributed by atoms with van der Waals surface area (Å²) in [6, 6.07) is 4.26. The van der Waals surface area contributed by atoms with E-state index in [-0.39, 0.29) is 10.9 Å². The molecule has 1 aromatic carbocycles. The molecule has 1 aliphatic rings. The Labute approximate surface area is 126 Å². The Morgan fingerprint density at radius 3 is 2.45 bits per heavy atom. The average molecular weight is 315 g/mol. The van der Waals surface area contributed by atoms with Crippen molar-refractivity contribution in [3.05, 3.63) is 29.0 Å². The number of hydrogen-bond acceptors (Lipinski definition) is 9. The van der Waals surface area contributed by atoms with Gasteiger partial charge in [0.1, 0.15) is 24.4 Å². The van der Waals surface area contributed by atoms with Crippen LogP contribution >= 0.6 is 0 Å². The highest BCUT2D eigenvalue weighted by molar-refractivity contribution is 5.59. The molecule has 2 rings (SSSR count). The second kappa shape index (κ2) is 6.75. The first-order valence-corrected chi connectivity index (χ1v) is 6.69. The van der Waals surface area contributed by atoms with Gasteiger partial charge in [-0.2, -0.15) is 0 Å². The first-order chi connectivity index (χ1) is 10.3. The molecule has 1 aromatic rings.